The number of nitrogens with zero attached hydrogens (tertiary/aromatic N) is 2. The summed E-state index contributed by atoms with van der Waals surface area (Å²) in [4.78, 5) is 4.51. The van der Waals surface area contributed by atoms with E-state index in [-0.39, 0.29) is 0 Å². The Kier molecular flexibility index (Phi) is 4.44. The second-order valence-electron chi connectivity index (χ2n) is 5.52. The van der Waals surface area contributed by atoms with Gasteiger partial charge in [0.05, 0.1) is 23.0 Å². The van der Waals surface area contributed by atoms with Gasteiger partial charge in [-0.1, -0.05) is 24.3 Å². The van der Waals surface area contributed by atoms with Crippen LogP contribution in [0.2, 0.25) is 0 Å². The van der Waals surface area contributed by atoms with Crippen molar-refractivity contribution in [3.8, 4) is 17.3 Å². The fourth-order valence-electron chi connectivity index (χ4n) is 2.80. The van der Waals surface area contributed by atoms with Crippen LogP contribution in [0.25, 0.3) is 16.8 Å². The molecule has 0 spiro atoms. The summed E-state index contributed by atoms with van der Waals surface area (Å²) >= 11 is 0. The molecule has 1 heterocycles. The molecule has 3 rings (SSSR count). The lowest BCUT2D eigenvalue weighted by Gasteiger charge is -2.11. The van der Waals surface area contributed by atoms with Gasteiger partial charge in [-0.2, -0.15) is 5.26 Å². The quantitative estimate of drug-likeness (QED) is 0.823. The highest BCUT2D eigenvalue weighted by Crippen LogP contribution is 2.31. The summed E-state index contributed by atoms with van der Waals surface area (Å²) < 4.78 is 0. The standard InChI is InChI=1S/C20H16N4/c21-12-14-4-1-6-16(10-14)20-18(8-3-9-24-20)15-5-2-7-17(13-22)19(23)11-15/h1,3-4,6-11,13,22-23H,2,5H2. The molecule has 0 radical (unpaired) electrons. The largest absolute Gasteiger partial charge is 0.308 e. The molecule has 1 aromatic heterocycles. The number of hydrogen-bond donors (Lipinski definition) is 2. The van der Waals surface area contributed by atoms with E-state index in [1.807, 2.05) is 42.5 Å². The van der Waals surface area contributed by atoms with Gasteiger partial charge in [0, 0.05) is 29.1 Å². The van der Waals surface area contributed by atoms with Gasteiger partial charge in [0.15, 0.2) is 0 Å². The van der Waals surface area contributed by atoms with Gasteiger partial charge in [0.1, 0.15) is 0 Å². The molecule has 0 fully saturated rings. The molecule has 0 saturated carbocycles. The SMILES string of the molecule is N#Cc1cccc(-c2ncccc2C2=CC(=N)C(C=N)=CCC2)c1. The predicted octanol–water partition coefficient (Wildman–Crippen LogP) is 4.39. The van der Waals surface area contributed by atoms with E-state index in [0.717, 1.165) is 35.2 Å². The van der Waals surface area contributed by atoms with E-state index in [2.05, 4.69) is 11.1 Å². The first kappa shape index (κ1) is 15.6. The Morgan fingerprint density at radius 3 is 2.88 bits per heavy atom. The van der Waals surface area contributed by atoms with Gasteiger partial charge >= 0.3 is 0 Å². The number of pyridine rings is 1. The van der Waals surface area contributed by atoms with Gasteiger partial charge in [-0.15, -0.1) is 0 Å². The van der Waals surface area contributed by atoms with Crippen LogP contribution < -0.4 is 0 Å². The lowest BCUT2D eigenvalue weighted by Crippen LogP contribution is -1.99. The minimum absolute atomic E-state index is 0.345. The average molecular weight is 312 g/mol. The summed E-state index contributed by atoms with van der Waals surface area (Å²) in [5.74, 6) is 0. The van der Waals surface area contributed by atoms with Gasteiger partial charge in [-0.25, -0.2) is 0 Å². The zero-order valence-electron chi connectivity index (χ0n) is 13.1. The Morgan fingerprint density at radius 1 is 1.21 bits per heavy atom. The highest BCUT2D eigenvalue weighted by molar-refractivity contribution is 6.21. The molecular weight excluding hydrogens is 296 g/mol. The fourth-order valence-corrected chi connectivity index (χ4v) is 2.80. The summed E-state index contributed by atoms with van der Waals surface area (Å²) in [6.45, 7) is 0. The Hall–Kier alpha value is -3.32. The molecule has 0 bridgehead atoms. The molecule has 1 aliphatic carbocycles. The smallest absolute Gasteiger partial charge is 0.0991 e. The van der Waals surface area contributed by atoms with Crippen molar-refractivity contribution in [2.75, 3.05) is 0 Å². The van der Waals surface area contributed by atoms with E-state index < -0.39 is 0 Å². The molecular formula is C20H16N4. The normalized spacial score (nSPS) is 14.2. The van der Waals surface area contributed by atoms with Crippen molar-refractivity contribution in [1.82, 2.24) is 4.98 Å². The van der Waals surface area contributed by atoms with E-state index in [1.165, 1.54) is 6.21 Å². The third-order valence-corrected chi connectivity index (χ3v) is 3.98. The Bertz CT molecular complexity index is 913. The minimum Gasteiger partial charge on any atom is -0.308 e. The molecule has 1 aromatic carbocycles. The number of allylic oxidation sites excluding steroid dienone is 4. The molecule has 4 heteroatoms. The van der Waals surface area contributed by atoms with Crippen molar-refractivity contribution in [2.24, 2.45) is 0 Å². The highest BCUT2D eigenvalue weighted by atomic mass is 14.7. The molecule has 2 N–H and O–H groups in total. The zero-order valence-corrected chi connectivity index (χ0v) is 13.1. The molecule has 0 atom stereocenters. The van der Waals surface area contributed by atoms with Gasteiger partial charge in [0.25, 0.3) is 0 Å². The molecule has 0 saturated heterocycles. The Labute approximate surface area is 140 Å². The lowest BCUT2D eigenvalue weighted by molar-refractivity contribution is 1.07. The van der Waals surface area contributed by atoms with E-state index >= 15 is 0 Å². The van der Waals surface area contributed by atoms with Crippen LogP contribution in [-0.4, -0.2) is 16.9 Å². The number of nitrogens with one attached hydrogen (secondary N) is 2. The maximum Gasteiger partial charge on any atom is 0.0991 e. The van der Waals surface area contributed by atoms with Crippen LogP contribution in [0.1, 0.15) is 24.0 Å². The highest BCUT2D eigenvalue weighted by Gasteiger charge is 2.14. The number of nitriles is 1. The van der Waals surface area contributed by atoms with Crippen LogP contribution in [0.5, 0.6) is 0 Å². The van der Waals surface area contributed by atoms with Crippen LogP contribution >= 0.6 is 0 Å². The second-order valence-corrected chi connectivity index (χ2v) is 5.52. The maximum atomic E-state index is 9.12. The second kappa shape index (κ2) is 6.84. The average Bonchev–Trinajstić information content (AvgIpc) is 2.82. The summed E-state index contributed by atoms with van der Waals surface area (Å²) in [7, 11) is 0. The molecule has 0 amide bonds. The summed E-state index contributed by atoms with van der Waals surface area (Å²) in [6, 6.07) is 13.4. The van der Waals surface area contributed by atoms with Crippen molar-refractivity contribution < 1.29 is 0 Å². The van der Waals surface area contributed by atoms with Crippen LogP contribution in [0.15, 0.2) is 60.3 Å². The van der Waals surface area contributed by atoms with E-state index in [4.69, 9.17) is 16.1 Å². The van der Waals surface area contributed by atoms with E-state index in [1.54, 1.807) is 12.3 Å². The van der Waals surface area contributed by atoms with Crippen molar-refractivity contribution in [1.29, 1.82) is 16.1 Å². The van der Waals surface area contributed by atoms with Gasteiger partial charge in [-0.05, 0) is 42.7 Å². The first-order valence-corrected chi connectivity index (χ1v) is 7.69. The molecule has 116 valence electrons. The van der Waals surface area contributed by atoms with Crippen LogP contribution in [0, 0.1) is 22.1 Å². The van der Waals surface area contributed by atoms with Crippen molar-refractivity contribution in [3.63, 3.8) is 0 Å². The van der Waals surface area contributed by atoms with Gasteiger partial charge in [0.2, 0.25) is 0 Å². The first-order chi connectivity index (χ1) is 11.7. The van der Waals surface area contributed by atoms with Crippen molar-refractivity contribution in [2.45, 2.75) is 12.8 Å². The van der Waals surface area contributed by atoms with Crippen LogP contribution in [-0.2, 0) is 0 Å². The fraction of sp³-hybridized carbons (Fsp3) is 0.100. The van der Waals surface area contributed by atoms with Gasteiger partial charge < -0.3 is 10.8 Å². The molecule has 0 aliphatic heterocycles. The number of benzene rings is 1. The van der Waals surface area contributed by atoms with Crippen molar-refractivity contribution >= 4 is 17.5 Å². The minimum atomic E-state index is 0.345. The zero-order chi connectivity index (χ0) is 16.9. The van der Waals surface area contributed by atoms with Crippen LogP contribution in [0.4, 0.5) is 0 Å². The van der Waals surface area contributed by atoms with Gasteiger partial charge in [-0.3, -0.25) is 4.98 Å². The summed E-state index contributed by atoms with van der Waals surface area (Å²) in [6.07, 6.45) is 8.27. The monoisotopic (exact) mass is 312 g/mol. The van der Waals surface area contributed by atoms with E-state index in [9.17, 15) is 0 Å². The van der Waals surface area contributed by atoms with Crippen LogP contribution in [0.3, 0.4) is 0 Å². The molecule has 1 aliphatic rings. The first-order valence-electron chi connectivity index (χ1n) is 7.69. The number of aromatic nitrogens is 1. The molecule has 24 heavy (non-hydrogen) atoms. The van der Waals surface area contributed by atoms with E-state index in [0.29, 0.717) is 16.8 Å². The number of hydrogen-bond acceptors (Lipinski definition) is 4. The lowest BCUT2D eigenvalue weighted by atomic mass is 9.95. The third kappa shape index (κ3) is 3.06. The maximum absolute atomic E-state index is 9.12. The Morgan fingerprint density at radius 2 is 2.08 bits per heavy atom. The molecule has 0 unspecified atom stereocenters. The summed E-state index contributed by atoms with van der Waals surface area (Å²) in [5, 5.41) is 24.7. The summed E-state index contributed by atoms with van der Waals surface area (Å²) in [5.41, 5.74) is 5.28. The topological polar surface area (TPSA) is 84.4 Å². The third-order valence-electron chi connectivity index (χ3n) is 3.98. The molecule has 4 nitrogen and oxygen atoms in total. The Balaban J connectivity index is 2.09. The molecule has 2 aromatic rings. The van der Waals surface area contributed by atoms with Crippen molar-refractivity contribution in [3.05, 3.63) is 71.4 Å². The number of rotatable bonds is 3. The predicted molar refractivity (Wildman–Crippen MR) is 96.2 cm³/mol.